The fourth-order valence-electron chi connectivity index (χ4n) is 8.13. The van der Waals surface area contributed by atoms with Crippen molar-refractivity contribution in [1.29, 1.82) is 0 Å². The highest BCUT2D eigenvalue weighted by Gasteiger charge is 2.18. The summed E-state index contributed by atoms with van der Waals surface area (Å²) in [7, 11) is 0. The van der Waals surface area contributed by atoms with Crippen LogP contribution in [0.5, 0.6) is 0 Å². The summed E-state index contributed by atoms with van der Waals surface area (Å²) in [6, 6.07) is 83.0. The molecule has 0 aliphatic rings. The van der Waals surface area contributed by atoms with E-state index >= 15 is 0 Å². The Balaban J connectivity index is 1.07. The van der Waals surface area contributed by atoms with Gasteiger partial charge in [-0.25, -0.2) is 0 Å². The van der Waals surface area contributed by atoms with Crippen molar-refractivity contribution in [3.8, 4) is 22.3 Å². The fraction of sp³-hybridized carbons (Fsp3) is 0. The van der Waals surface area contributed by atoms with Gasteiger partial charge in [-0.15, -0.1) is 0 Å². The molecule has 2 heteroatoms. The Morgan fingerprint density at radius 3 is 0.839 bits per heavy atom. The summed E-state index contributed by atoms with van der Waals surface area (Å²) in [4.78, 5) is 4.70. The predicted octanol–water partition coefficient (Wildman–Crippen LogP) is 15.4. The van der Waals surface area contributed by atoms with Crippen LogP contribution >= 0.6 is 0 Å². The minimum Gasteiger partial charge on any atom is -0.310 e. The number of hydrogen-bond acceptors (Lipinski definition) is 2. The van der Waals surface area contributed by atoms with Crippen molar-refractivity contribution in [3.63, 3.8) is 0 Å². The number of nitrogens with zero attached hydrogens (tertiary/aromatic N) is 2. The molecule has 10 aromatic carbocycles. The Bertz CT molecular complexity index is 2860. The van der Waals surface area contributed by atoms with E-state index in [9.17, 15) is 0 Å². The van der Waals surface area contributed by atoms with Crippen LogP contribution in [-0.4, -0.2) is 0 Å². The lowest BCUT2D eigenvalue weighted by Gasteiger charge is -2.27. The van der Waals surface area contributed by atoms with Crippen LogP contribution in [-0.2, 0) is 0 Å². The molecular formula is C54H38N2. The maximum atomic E-state index is 2.37. The molecule has 0 aliphatic carbocycles. The zero-order chi connectivity index (χ0) is 37.3. The van der Waals surface area contributed by atoms with Crippen molar-refractivity contribution in [2.75, 3.05) is 9.80 Å². The Labute approximate surface area is 327 Å². The molecule has 0 aromatic heterocycles. The highest BCUT2D eigenvalue weighted by Crippen LogP contribution is 2.43. The summed E-state index contributed by atoms with van der Waals surface area (Å²) >= 11 is 0. The van der Waals surface area contributed by atoms with Gasteiger partial charge in [0.1, 0.15) is 0 Å². The minimum atomic E-state index is 1.11. The van der Waals surface area contributed by atoms with Crippen molar-refractivity contribution < 1.29 is 0 Å². The van der Waals surface area contributed by atoms with Gasteiger partial charge in [-0.2, -0.15) is 0 Å². The van der Waals surface area contributed by atoms with E-state index in [0.29, 0.717) is 0 Å². The number of fused-ring (bicyclic) bond motifs is 6. The molecule has 0 saturated heterocycles. The van der Waals surface area contributed by atoms with E-state index in [4.69, 9.17) is 0 Å². The summed E-state index contributed by atoms with van der Waals surface area (Å²) in [5, 5.41) is 7.43. The normalized spacial score (nSPS) is 11.2. The number of anilines is 6. The van der Waals surface area contributed by atoms with Crippen LogP contribution in [0.15, 0.2) is 231 Å². The monoisotopic (exact) mass is 714 g/mol. The summed E-state index contributed by atoms with van der Waals surface area (Å²) in [6.45, 7) is 0. The van der Waals surface area contributed by atoms with Crippen LogP contribution in [0.2, 0.25) is 0 Å². The third-order valence-electron chi connectivity index (χ3n) is 10.8. The highest BCUT2D eigenvalue weighted by molar-refractivity contribution is 6.26. The molecule has 0 radical (unpaired) electrons. The summed E-state index contributed by atoms with van der Waals surface area (Å²) in [5.41, 5.74) is 11.6. The van der Waals surface area contributed by atoms with Crippen LogP contribution in [0.25, 0.3) is 54.6 Å². The molecule has 0 unspecified atom stereocenters. The Morgan fingerprint density at radius 1 is 0.179 bits per heavy atom. The van der Waals surface area contributed by atoms with E-state index in [0.717, 1.165) is 34.1 Å². The summed E-state index contributed by atoms with van der Waals surface area (Å²) < 4.78 is 0. The molecule has 2 nitrogen and oxygen atoms in total. The first-order valence-electron chi connectivity index (χ1n) is 19.2. The van der Waals surface area contributed by atoms with E-state index < -0.39 is 0 Å². The Morgan fingerprint density at radius 2 is 0.446 bits per heavy atom. The molecule has 0 heterocycles. The zero-order valence-electron chi connectivity index (χ0n) is 30.8. The lowest BCUT2D eigenvalue weighted by atomic mass is 9.93. The SMILES string of the molecule is c1ccc(-c2ccc(-c3ccc(N(c4ccccc4)c4ccc5c6ccc(N(c7ccccc7)c7ccccc7)cc6c6ccccc6c5c4)cc3)cc2)cc1. The number of rotatable bonds is 8. The van der Waals surface area contributed by atoms with Gasteiger partial charge >= 0.3 is 0 Å². The van der Waals surface area contributed by atoms with Crippen molar-refractivity contribution >= 4 is 66.4 Å². The average Bonchev–Trinajstić information content (AvgIpc) is 3.28. The summed E-state index contributed by atoms with van der Waals surface area (Å²) in [5.74, 6) is 0. The second kappa shape index (κ2) is 14.4. The molecular weight excluding hydrogens is 677 g/mol. The smallest absolute Gasteiger partial charge is 0.0468 e. The van der Waals surface area contributed by atoms with Gasteiger partial charge in [0.2, 0.25) is 0 Å². The van der Waals surface area contributed by atoms with Crippen molar-refractivity contribution in [1.82, 2.24) is 0 Å². The van der Waals surface area contributed by atoms with Crippen LogP contribution in [0.3, 0.4) is 0 Å². The van der Waals surface area contributed by atoms with Gasteiger partial charge in [0.15, 0.2) is 0 Å². The van der Waals surface area contributed by atoms with Gasteiger partial charge in [0.05, 0.1) is 0 Å². The molecule has 0 atom stereocenters. The number of hydrogen-bond donors (Lipinski definition) is 0. The van der Waals surface area contributed by atoms with Crippen LogP contribution in [0.4, 0.5) is 34.1 Å². The second-order valence-corrected chi connectivity index (χ2v) is 14.2. The van der Waals surface area contributed by atoms with E-state index in [1.54, 1.807) is 0 Å². The molecule has 10 aromatic rings. The van der Waals surface area contributed by atoms with Crippen molar-refractivity contribution in [3.05, 3.63) is 231 Å². The molecule has 0 aliphatic heterocycles. The molecule has 0 fully saturated rings. The molecule has 0 N–H and O–H groups in total. The Kier molecular flexibility index (Phi) is 8.55. The average molecular weight is 715 g/mol. The Hall–Kier alpha value is -7.42. The van der Waals surface area contributed by atoms with Gasteiger partial charge in [-0.1, -0.05) is 158 Å². The number of benzene rings is 10. The first kappa shape index (κ1) is 33.2. The van der Waals surface area contributed by atoms with Gasteiger partial charge < -0.3 is 9.80 Å². The number of para-hydroxylation sites is 3. The standard InChI is InChI=1S/C54H38N2/c1-5-15-39(16-6-1)40-25-27-41(28-26-40)42-29-31-46(32-30-42)56(45-21-11-4-12-22-45)48-34-36-52-51-35-33-47(37-53(51)49-23-13-14-24-50(49)54(52)38-48)55(43-17-7-2-8-18-43)44-19-9-3-10-20-44/h1-38H. The van der Waals surface area contributed by atoms with Crippen LogP contribution < -0.4 is 9.80 Å². The molecule has 0 saturated carbocycles. The largest absolute Gasteiger partial charge is 0.310 e. The van der Waals surface area contributed by atoms with E-state index in [1.165, 1.54) is 54.6 Å². The summed E-state index contributed by atoms with van der Waals surface area (Å²) in [6.07, 6.45) is 0. The van der Waals surface area contributed by atoms with Crippen LogP contribution in [0.1, 0.15) is 0 Å². The first-order valence-corrected chi connectivity index (χ1v) is 19.2. The quantitative estimate of drug-likeness (QED) is 0.145. The lowest BCUT2D eigenvalue weighted by Crippen LogP contribution is -2.10. The maximum Gasteiger partial charge on any atom is 0.0468 e. The highest BCUT2D eigenvalue weighted by atomic mass is 15.1. The minimum absolute atomic E-state index is 1.11. The second-order valence-electron chi connectivity index (χ2n) is 14.2. The van der Waals surface area contributed by atoms with E-state index in [2.05, 4.69) is 240 Å². The van der Waals surface area contributed by atoms with Crippen molar-refractivity contribution in [2.45, 2.75) is 0 Å². The van der Waals surface area contributed by atoms with Gasteiger partial charge in [-0.3, -0.25) is 0 Å². The molecule has 10 rings (SSSR count). The van der Waals surface area contributed by atoms with Gasteiger partial charge in [0.25, 0.3) is 0 Å². The fourth-order valence-corrected chi connectivity index (χ4v) is 8.13. The first-order chi connectivity index (χ1) is 27.8. The van der Waals surface area contributed by atoms with E-state index in [1.807, 2.05) is 0 Å². The predicted molar refractivity (Wildman–Crippen MR) is 239 cm³/mol. The molecule has 56 heavy (non-hydrogen) atoms. The molecule has 0 bridgehead atoms. The van der Waals surface area contributed by atoms with Gasteiger partial charge in [0, 0.05) is 34.1 Å². The van der Waals surface area contributed by atoms with Gasteiger partial charge in [-0.05, 0) is 127 Å². The van der Waals surface area contributed by atoms with Crippen molar-refractivity contribution in [2.24, 2.45) is 0 Å². The maximum absolute atomic E-state index is 2.37. The third kappa shape index (κ3) is 6.14. The molecule has 0 spiro atoms. The third-order valence-corrected chi connectivity index (χ3v) is 10.8. The molecule has 0 amide bonds. The topological polar surface area (TPSA) is 6.48 Å². The zero-order valence-corrected chi connectivity index (χ0v) is 30.8. The lowest BCUT2D eigenvalue weighted by molar-refractivity contribution is 1.29. The van der Waals surface area contributed by atoms with E-state index in [-0.39, 0.29) is 0 Å². The van der Waals surface area contributed by atoms with Crippen LogP contribution in [0, 0.1) is 0 Å². The molecule has 264 valence electrons.